The van der Waals surface area contributed by atoms with Crippen LogP contribution in [-0.4, -0.2) is 28.7 Å². The van der Waals surface area contributed by atoms with Gasteiger partial charge in [0, 0.05) is 71.5 Å². The summed E-state index contributed by atoms with van der Waals surface area (Å²) < 4.78 is 25.1. The van der Waals surface area contributed by atoms with Gasteiger partial charge in [-0.2, -0.15) is 0 Å². The lowest BCUT2D eigenvalue weighted by Gasteiger charge is -2.22. The third kappa shape index (κ3) is 15.0. The largest absolute Gasteiger partial charge is 0.436 e. The van der Waals surface area contributed by atoms with E-state index in [1.165, 1.54) is 143 Å². The number of oxazole rings is 3. The average Bonchev–Trinajstić information content (AvgIpc) is 1.56. The first-order valence-electron chi connectivity index (χ1n) is 48.0. The van der Waals surface area contributed by atoms with E-state index in [0.29, 0.717) is 17.7 Å². The van der Waals surface area contributed by atoms with Crippen LogP contribution in [0.5, 0.6) is 0 Å². The Bertz CT molecular complexity index is 9370. The van der Waals surface area contributed by atoms with E-state index in [4.69, 9.17) is 13.3 Å². The molecule has 6 aromatic heterocycles. The van der Waals surface area contributed by atoms with Gasteiger partial charge >= 0.3 is 0 Å². The number of fused-ring (bicyclic) bond motifs is 15. The quantitative estimate of drug-likeness (QED) is 0.108. The molecule has 1 aliphatic carbocycles. The van der Waals surface area contributed by atoms with E-state index in [1.54, 1.807) is 0 Å². The van der Waals surface area contributed by atoms with E-state index in [-0.39, 0.29) is 5.41 Å². The van der Waals surface area contributed by atoms with Crippen LogP contribution in [0.3, 0.4) is 0 Å². The Labute approximate surface area is 814 Å². The van der Waals surface area contributed by atoms with Gasteiger partial charge in [0.15, 0.2) is 16.7 Å². The molecule has 9 heteroatoms. The molecule has 0 aliphatic heterocycles. The summed E-state index contributed by atoms with van der Waals surface area (Å²) in [5.74, 6) is 1.92. The maximum atomic E-state index is 5.98. The van der Waals surface area contributed by atoms with E-state index in [2.05, 4.69) is 467 Å². The fraction of sp³-hybridized carbons (Fsp3) is 0.0227. The third-order valence-electron chi connectivity index (χ3n) is 28.2. The van der Waals surface area contributed by atoms with Crippen LogP contribution in [0.1, 0.15) is 25.0 Å². The van der Waals surface area contributed by atoms with Crippen molar-refractivity contribution < 1.29 is 13.3 Å². The molecule has 0 fully saturated rings. The van der Waals surface area contributed by atoms with Crippen LogP contribution >= 0.6 is 0 Å². The van der Waals surface area contributed by atoms with Crippen molar-refractivity contribution in [3.8, 4) is 152 Å². The van der Waals surface area contributed by atoms with Crippen molar-refractivity contribution >= 4 is 98.7 Å². The fourth-order valence-electron chi connectivity index (χ4n) is 21.1. The highest BCUT2D eigenvalue weighted by atomic mass is 16.4. The minimum absolute atomic E-state index is 0.0258. The number of aromatic nitrogens is 6. The minimum Gasteiger partial charge on any atom is -0.436 e. The van der Waals surface area contributed by atoms with E-state index >= 15 is 0 Å². The molecule has 664 valence electrons. The Morgan fingerprint density at radius 2 is 0.433 bits per heavy atom. The zero-order chi connectivity index (χ0) is 93.6. The van der Waals surface area contributed by atoms with Crippen LogP contribution in [0.25, 0.3) is 250 Å². The summed E-state index contributed by atoms with van der Waals surface area (Å²) in [4.78, 5) is 13.9. The summed E-state index contributed by atoms with van der Waals surface area (Å²) in [7, 11) is 0. The zero-order valence-corrected chi connectivity index (χ0v) is 77.3. The molecule has 0 saturated carbocycles. The van der Waals surface area contributed by atoms with E-state index < -0.39 is 0 Å². The van der Waals surface area contributed by atoms with Crippen LogP contribution in [0, 0.1) is 0 Å². The van der Waals surface area contributed by atoms with Gasteiger partial charge in [-0.15, -0.1) is 0 Å². The minimum atomic E-state index is -0.0258. The molecular formula is C132H88N6O3. The molecule has 6 heterocycles. The number of rotatable bonds is 14. The van der Waals surface area contributed by atoms with E-state index in [0.717, 1.165) is 100 Å². The Balaban J connectivity index is 0.000000109. The normalized spacial score (nSPS) is 12.1. The van der Waals surface area contributed by atoms with Gasteiger partial charge in [-0.05, 0) is 287 Å². The molecule has 0 unspecified atom stereocenters. The smallest absolute Gasteiger partial charge is 0.227 e. The highest BCUT2D eigenvalue weighted by molar-refractivity contribution is 6.14. The molecule has 28 rings (SSSR count). The first-order valence-corrected chi connectivity index (χ1v) is 48.0. The lowest BCUT2D eigenvalue weighted by Crippen LogP contribution is -2.14. The van der Waals surface area contributed by atoms with Crippen LogP contribution < -0.4 is 0 Å². The molecular weight excluding hydrogens is 1720 g/mol. The topological polar surface area (TPSA) is 92.9 Å². The maximum Gasteiger partial charge on any atom is 0.227 e. The molecule has 0 saturated heterocycles. The molecule has 0 amide bonds. The summed E-state index contributed by atoms with van der Waals surface area (Å²) in [6.45, 7) is 4.69. The molecule has 141 heavy (non-hydrogen) atoms. The summed E-state index contributed by atoms with van der Waals surface area (Å²) >= 11 is 0. The van der Waals surface area contributed by atoms with Gasteiger partial charge in [0.2, 0.25) is 17.7 Å². The Morgan fingerprint density at radius 3 is 0.844 bits per heavy atom. The second kappa shape index (κ2) is 34.7. The van der Waals surface area contributed by atoms with Gasteiger partial charge in [0.25, 0.3) is 0 Å². The van der Waals surface area contributed by atoms with Crippen molar-refractivity contribution in [1.29, 1.82) is 0 Å². The molecule has 0 N–H and O–H groups in total. The fourth-order valence-corrected chi connectivity index (χ4v) is 21.1. The van der Waals surface area contributed by atoms with Crippen LogP contribution in [0.2, 0.25) is 0 Å². The predicted octanol–water partition coefficient (Wildman–Crippen LogP) is 35.4. The van der Waals surface area contributed by atoms with Gasteiger partial charge in [0.05, 0.1) is 33.1 Å². The van der Waals surface area contributed by atoms with E-state index in [9.17, 15) is 0 Å². The molecule has 0 spiro atoms. The lowest BCUT2D eigenvalue weighted by atomic mass is 9.81. The first-order chi connectivity index (χ1) is 69.6. The van der Waals surface area contributed by atoms with Crippen molar-refractivity contribution in [2.45, 2.75) is 19.3 Å². The van der Waals surface area contributed by atoms with Crippen molar-refractivity contribution in [2.24, 2.45) is 0 Å². The maximum absolute atomic E-state index is 5.98. The van der Waals surface area contributed by atoms with Crippen molar-refractivity contribution in [3.63, 3.8) is 0 Å². The molecule has 27 aromatic rings. The average molecular weight is 1810 g/mol. The summed E-state index contributed by atoms with van der Waals surface area (Å²) in [6, 6.07) is 177. The van der Waals surface area contributed by atoms with Crippen molar-refractivity contribution in [3.05, 3.63) is 509 Å². The second-order valence-corrected chi connectivity index (χ2v) is 36.9. The molecule has 0 radical (unpaired) electrons. The standard InChI is InChI=1S/C46H32N2O.2C43H28N2O/c1-46(2)39-11-5-3-9-35(39)36-25-21-33(28-40(36)46)32-22-26-43-38(27-32)37-10-4-7-13-42(37)48(43)34-23-19-30(20-24-34)29-15-17-31(18-16-29)45-47-41-12-6-8-14-44(41)49-45;1-2-9-29(10-3-1)33-11-8-12-34(27-33)35-23-26-41-38(28-35)37-13-4-6-15-40(37)45(41)36-24-21-31(22-25-36)30-17-19-32(20-18-30)43-44-39-14-5-7-16-42(39)46-43;1-2-10-31(11-3-1)35-12-4-5-13-36(35)33-24-27-41-38(28-33)37-14-6-8-16-40(37)45(41)34-25-22-30(23-26-34)29-18-20-32(21-19-29)43-44-39-15-7-9-17-42(39)46-43/h3-28H,1-2H3;2*1-28H. The highest BCUT2D eigenvalue weighted by Gasteiger charge is 2.36. The van der Waals surface area contributed by atoms with Crippen molar-refractivity contribution in [1.82, 2.24) is 28.7 Å². The first kappa shape index (κ1) is 83.1. The molecule has 21 aromatic carbocycles. The SMILES string of the molecule is CC1(C)c2ccccc2-c2ccc(-c3ccc4c(c3)c3ccccc3n4-c3ccc(-c4ccc(-c5nc6ccccc6o5)cc4)cc3)cc21.c1ccc(-c2cccc(-c3ccc4c(c3)c3ccccc3n4-c3ccc(-c4ccc(-c5nc6ccccc6o5)cc4)cc3)c2)cc1.c1ccc(-c2ccccc2-c2ccc3c(c2)c2ccccc2n3-c2ccc(-c3ccc(-c4nc5ccccc5o4)cc3)cc2)cc1. The number of nitrogens with zero attached hydrogens (tertiary/aromatic N) is 6. The zero-order valence-electron chi connectivity index (χ0n) is 77.3. The van der Waals surface area contributed by atoms with Crippen LogP contribution in [0.4, 0.5) is 0 Å². The van der Waals surface area contributed by atoms with Crippen LogP contribution in [-0.2, 0) is 5.41 Å². The third-order valence-corrected chi connectivity index (χ3v) is 28.2. The lowest BCUT2D eigenvalue weighted by molar-refractivity contribution is 0.619. The van der Waals surface area contributed by atoms with Gasteiger partial charge < -0.3 is 27.0 Å². The summed E-state index contributed by atoms with van der Waals surface area (Å²) in [5, 5.41) is 7.50. The molecule has 9 nitrogen and oxygen atoms in total. The number of benzene rings is 21. The molecule has 1 aliphatic rings. The second-order valence-electron chi connectivity index (χ2n) is 36.9. The van der Waals surface area contributed by atoms with Gasteiger partial charge in [-0.25, -0.2) is 15.0 Å². The van der Waals surface area contributed by atoms with Gasteiger partial charge in [0.1, 0.15) is 16.6 Å². The molecule has 0 atom stereocenters. The number of para-hydroxylation sites is 9. The highest BCUT2D eigenvalue weighted by Crippen LogP contribution is 2.51. The molecule has 0 bridgehead atoms. The number of hydrogen-bond acceptors (Lipinski definition) is 6. The summed E-state index contributed by atoms with van der Waals surface area (Å²) in [6.07, 6.45) is 0. The van der Waals surface area contributed by atoms with Crippen LogP contribution in [0.15, 0.2) is 511 Å². The van der Waals surface area contributed by atoms with Crippen molar-refractivity contribution in [2.75, 3.05) is 0 Å². The monoisotopic (exact) mass is 1800 g/mol. The summed E-state index contributed by atoms with van der Waals surface area (Å²) in [5.41, 5.74) is 43.2. The van der Waals surface area contributed by atoms with E-state index in [1.807, 2.05) is 72.8 Å². The predicted molar refractivity (Wildman–Crippen MR) is 582 cm³/mol. The van der Waals surface area contributed by atoms with Gasteiger partial charge in [-0.1, -0.05) is 335 Å². The van der Waals surface area contributed by atoms with Gasteiger partial charge in [-0.3, -0.25) is 0 Å². The number of hydrogen-bond donors (Lipinski definition) is 0. The Hall–Kier alpha value is -18.6. The Morgan fingerprint density at radius 1 is 0.170 bits per heavy atom. The Kier molecular flexibility index (Phi) is 20.4.